The van der Waals surface area contributed by atoms with Crippen molar-refractivity contribution in [3.8, 4) is 0 Å². The molecular weight excluding hydrogens is 232 g/mol. The molecule has 2 heterocycles. The van der Waals surface area contributed by atoms with Crippen LogP contribution in [0, 0.1) is 0 Å². The summed E-state index contributed by atoms with van der Waals surface area (Å²) in [5.74, 6) is 0. The van der Waals surface area contributed by atoms with Crippen molar-refractivity contribution < 1.29 is 0 Å². The van der Waals surface area contributed by atoms with Gasteiger partial charge in [-0.3, -0.25) is 0 Å². The van der Waals surface area contributed by atoms with Crippen LogP contribution >= 0.6 is 15.9 Å². The van der Waals surface area contributed by atoms with Crippen molar-refractivity contribution in [2.75, 3.05) is 5.73 Å². The standard InChI is InChI=1S/C8H9BrN4/c1-2-6-7(9)8-11-3-5(10)4-13(8)12-6/h3-4H,2,10H2,1H3. The van der Waals surface area contributed by atoms with Gasteiger partial charge in [0.1, 0.15) is 0 Å². The van der Waals surface area contributed by atoms with Crippen molar-refractivity contribution in [3.05, 3.63) is 22.6 Å². The largest absolute Gasteiger partial charge is 0.396 e. The lowest BCUT2D eigenvalue weighted by atomic mass is 10.3. The number of halogens is 1. The topological polar surface area (TPSA) is 56.2 Å². The highest BCUT2D eigenvalue weighted by Crippen LogP contribution is 2.21. The number of hydrogen-bond donors (Lipinski definition) is 1. The van der Waals surface area contributed by atoms with E-state index in [4.69, 9.17) is 5.73 Å². The molecule has 5 heteroatoms. The minimum absolute atomic E-state index is 0.616. The Kier molecular flexibility index (Phi) is 1.95. The van der Waals surface area contributed by atoms with Crippen LogP contribution in [-0.2, 0) is 6.42 Å². The van der Waals surface area contributed by atoms with Crippen LogP contribution in [0.4, 0.5) is 5.69 Å². The van der Waals surface area contributed by atoms with Crippen LogP contribution < -0.4 is 5.73 Å². The van der Waals surface area contributed by atoms with Crippen LogP contribution in [0.15, 0.2) is 16.9 Å². The summed E-state index contributed by atoms with van der Waals surface area (Å²) < 4.78 is 2.65. The van der Waals surface area contributed by atoms with Crippen LogP contribution in [0.2, 0.25) is 0 Å². The second kappa shape index (κ2) is 2.99. The Morgan fingerprint density at radius 2 is 2.38 bits per heavy atom. The Hall–Kier alpha value is -1.10. The zero-order valence-electron chi connectivity index (χ0n) is 7.16. The highest BCUT2D eigenvalue weighted by Gasteiger charge is 2.08. The number of nitrogens with zero attached hydrogens (tertiary/aromatic N) is 3. The fourth-order valence-corrected chi connectivity index (χ4v) is 1.84. The summed E-state index contributed by atoms with van der Waals surface area (Å²) in [6, 6.07) is 0. The zero-order chi connectivity index (χ0) is 9.42. The monoisotopic (exact) mass is 240 g/mol. The molecule has 2 aromatic heterocycles. The highest BCUT2D eigenvalue weighted by molar-refractivity contribution is 9.10. The van der Waals surface area contributed by atoms with E-state index in [9.17, 15) is 0 Å². The fraction of sp³-hybridized carbons (Fsp3) is 0.250. The van der Waals surface area contributed by atoms with Gasteiger partial charge in [-0.25, -0.2) is 9.50 Å². The van der Waals surface area contributed by atoms with E-state index in [0.29, 0.717) is 5.69 Å². The lowest BCUT2D eigenvalue weighted by Crippen LogP contribution is -1.94. The number of hydrogen-bond acceptors (Lipinski definition) is 3. The number of aryl methyl sites for hydroxylation is 1. The van der Waals surface area contributed by atoms with Gasteiger partial charge in [-0.05, 0) is 22.4 Å². The van der Waals surface area contributed by atoms with E-state index in [1.807, 2.05) is 0 Å². The molecule has 2 rings (SSSR count). The molecule has 0 unspecified atom stereocenters. The van der Waals surface area contributed by atoms with Crippen molar-refractivity contribution >= 4 is 27.3 Å². The van der Waals surface area contributed by atoms with Gasteiger partial charge in [-0.15, -0.1) is 0 Å². The molecule has 0 saturated heterocycles. The number of nitrogens with two attached hydrogens (primary N) is 1. The van der Waals surface area contributed by atoms with E-state index < -0.39 is 0 Å². The maximum absolute atomic E-state index is 5.59. The highest BCUT2D eigenvalue weighted by atomic mass is 79.9. The van der Waals surface area contributed by atoms with Crippen molar-refractivity contribution in [1.29, 1.82) is 0 Å². The predicted octanol–water partition coefficient (Wildman–Crippen LogP) is 1.64. The van der Waals surface area contributed by atoms with Gasteiger partial charge in [0.15, 0.2) is 5.65 Å². The summed E-state index contributed by atoms with van der Waals surface area (Å²) >= 11 is 3.45. The van der Waals surface area contributed by atoms with E-state index >= 15 is 0 Å². The first-order chi connectivity index (χ1) is 6.22. The van der Waals surface area contributed by atoms with Gasteiger partial charge >= 0.3 is 0 Å². The molecular formula is C8H9BrN4. The summed E-state index contributed by atoms with van der Waals surface area (Å²) in [5.41, 5.74) is 8.01. The maximum Gasteiger partial charge on any atom is 0.169 e. The first-order valence-corrected chi connectivity index (χ1v) is 4.80. The lowest BCUT2D eigenvalue weighted by molar-refractivity contribution is 0.888. The minimum atomic E-state index is 0.616. The van der Waals surface area contributed by atoms with Gasteiger partial charge in [0.2, 0.25) is 0 Å². The van der Waals surface area contributed by atoms with Crippen molar-refractivity contribution in [2.45, 2.75) is 13.3 Å². The van der Waals surface area contributed by atoms with Gasteiger partial charge < -0.3 is 5.73 Å². The van der Waals surface area contributed by atoms with Crippen molar-refractivity contribution in [1.82, 2.24) is 14.6 Å². The number of rotatable bonds is 1. The summed E-state index contributed by atoms with van der Waals surface area (Å²) in [4.78, 5) is 4.18. The minimum Gasteiger partial charge on any atom is -0.396 e. The Labute approximate surface area is 83.9 Å². The summed E-state index contributed by atoms with van der Waals surface area (Å²) in [7, 11) is 0. The fourth-order valence-electron chi connectivity index (χ4n) is 1.19. The van der Waals surface area contributed by atoms with Crippen LogP contribution in [0.25, 0.3) is 5.65 Å². The number of aromatic nitrogens is 3. The van der Waals surface area contributed by atoms with Crippen molar-refractivity contribution in [2.24, 2.45) is 0 Å². The second-order valence-electron chi connectivity index (χ2n) is 2.77. The third kappa shape index (κ3) is 1.29. The molecule has 0 aliphatic rings. The van der Waals surface area contributed by atoms with Gasteiger partial charge in [0.05, 0.1) is 28.2 Å². The van der Waals surface area contributed by atoms with Crippen LogP contribution in [0.5, 0.6) is 0 Å². The van der Waals surface area contributed by atoms with Crippen LogP contribution in [0.3, 0.4) is 0 Å². The Balaban J connectivity index is 2.76. The van der Waals surface area contributed by atoms with E-state index in [2.05, 4.69) is 32.9 Å². The molecule has 0 fully saturated rings. The van der Waals surface area contributed by atoms with Crippen molar-refractivity contribution in [3.63, 3.8) is 0 Å². The van der Waals surface area contributed by atoms with Gasteiger partial charge in [-0.1, -0.05) is 6.92 Å². The van der Waals surface area contributed by atoms with E-state index in [0.717, 1.165) is 22.2 Å². The predicted molar refractivity (Wildman–Crippen MR) is 54.5 cm³/mol. The normalized spacial score (nSPS) is 10.9. The molecule has 0 aliphatic heterocycles. The zero-order valence-corrected chi connectivity index (χ0v) is 8.74. The molecule has 0 aromatic carbocycles. The average molecular weight is 241 g/mol. The van der Waals surface area contributed by atoms with Gasteiger partial charge in [0.25, 0.3) is 0 Å². The average Bonchev–Trinajstić information content (AvgIpc) is 2.42. The maximum atomic E-state index is 5.59. The van der Waals surface area contributed by atoms with E-state index in [1.165, 1.54) is 0 Å². The molecule has 0 aliphatic carbocycles. The molecule has 2 aromatic rings. The van der Waals surface area contributed by atoms with Crippen LogP contribution in [-0.4, -0.2) is 14.6 Å². The first kappa shape index (κ1) is 8.50. The number of anilines is 1. The molecule has 4 nitrogen and oxygen atoms in total. The molecule has 0 radical (unpaired) electrons. The molecule has 13 heavy (non-hydrogen) atoms. The molecule has 0 bridgehead atoms. The SMILES string of the molecule is CCc1nn2cc(N)cnc2c1Br. The van der Waals surface area contributed by atoms with Crippen LogP contribution in [0.1, 0.15) is 12.6 Å². The lowest BCUT2D eigenvalue weighted by Gasteiger charge is -1.93. The Morgan fingerprint density at radius 3 is 3.08 bits per heavy atom. The molecule has 0 spiro atoms. The summed E-state index contributed by atoms with van der Waals surface area (Å²) in [5, 5.41) is 4.32. The third-order valence-electron chi connectivity index (χ3n) is 1.84. The summed E-state index contributed by atoms with van der Waals surface area (Å²) in [6.45, 7) is 2.05. The quantitative estimate of drug-likeness (QED) is 0.825. The first-order valence-electron chi connectivity index (χ1n) is 4.00. The third-order valence-corrected chi connectivity index (χ3v) is 2.65. The summed E-state index contributed by atoms with van der Waals surface area (Å²) in [6.07, 6.45) is 4.26. The second-order valence-corrected chi connectivity index (χ2v) is 3.56. The molecule has 68 valence electrons. The van der Waals surface area contributed by atoms with E-state index in [-0.39, 0.29) is 0 Å². The Morgan fingerprint density at radius 1 is 1.62 bits per heavy atom. The number of nitrogen functional groups attached to an aromatic ring is 1. The smallest absolute Gasteiger partial charge is 0.169 e. The molecule has 0 amide bonds. The Bertz CT molecular complexity index is 449. The van der Waals surface area contributed by atoms with E-state index in [1.54, 1.807) is 16.9 Å². The van der Waals surface area contributed by atoms with Gasteiger partial charge in [-0.2, -0.15) is 5.10 Å². The molecule has 0 saturated carbocycles. The number of fused-ring (bicyclic) bond motifs is 1. The molecule has 0 atom stereocenters. The molecule has 2 N–H and O–H groups in total. The van der Waals surface area contributed by atoms with Gasteiger partial charge in [0, 0.05) is 0 Å².